The summed E-state index contributed by atoms with van der Waals surface area (Å²) < 4.78 is 5.03. The number of hydrogen-bond acceptors (Lipinski definition) is 5. The van der Waals surface area contributed by atoms with Gasteiger partial charge in [0.25, 0.3) is 0 Å². The maximum Gasteiger partial charge on any atom is 0.327 e. The zero-order valence-corrected chi connectivity index (χ0v) is 12.1. The second kappa shape index (κ2) is 6.50. The number of carbonyl (C=O) groups is 1. The van der Waals surface area contributed by atoms with Gasteiger partial charge in [-0.25, -0.2) is 0 Å². The molecule has 2 unspecified atom stereocenters. The Bertz CT molecular complexity index is 281. The van der Waals surface area contributed by atoms with Gasteiger partial charge in [-0.3, -0.25) is 9.69 Å². The average Bonchev–Trinajstić information content (AvgIpc) is 2.41. The monoisotopic (exact) mass is 257 g/mol. The molecule has 5 heteroatoms. The first-order valence-corrected chi connectivity index (χ1v) is 6.75. The molecule has 0 spiro atoms. The third kappa shape index (κ3) is 4.23. The van der Waals surface area contributed by atoms with E-state index in [-0.39, 0.29) is 5.97 Å². The Balaban J connectivity index is 2.61. The Hall–Kier alpha value is -0.650. The van der Waals surface area contributed by atoms with E-state index in [1.165, 1.54) is 0 Å². The highest BCUT2D eigenvalue weighted by Gasteiger charge is 2.34. The lowest BCUT2D eigenvalue weighted by Crippen LogP contribution is -2.56. The lowest BCUT2D eigenvalue weighted by atomic mass is 10.0. The van der Waals surface area contributed by atoms with Gasteiger partial charge in [0, 0.05) is 19.1 Å². The van der Waals surface area contributed by atoms with E-state index in [1.807, 2.05) is 0 Å². The van der Waals surface area contributed by atoms with E-state index in [0.717, 1.165) is 26.1 Å². The molecule has 1 saturated heterocycles. The molecule has 18 heavy (non-hydrogen) atoms. The Labute approximate surface area is 110 Å². The molecule has 0 aromatic carbocycles. The summed E-state index contributed by atoms with van der Waals surface area (Å²) in [5, 5.41) is 0. The summed E-state index contributed by atoms with van der Waals surface area (Å²) in [7, 11) is 2.13. The number of nitrogens with two attached hydrogens (primary N) is 1. The fourth-order valence-electron chi connectivity index (χ4n) is 2.44. The highest BCUT2D eigenvalue weighted by atomic mass is 16.5. The van der Waals surface area contributed by atoms with Crippen molar-refractivity contribution in [2.24, 2.45) is 5.73 Å². The molecule has 0 saturated carbocycles. The van der Waals surface area contributed by atoms with Crippen molar-refractivity contribution in [3.63, 3.8) is 0 Å². The Morgan fingerprint density at radius 2 is 2.17 bits per heavy atom. The molecule has 106 valence electrons. The van der Waals surface area contributed by atoms with Gasteiger partial charge in [-0.05, 0) is 47.3 Å². The van der Waals surface area contributed by atoms with Crippen molar-refractivity contribution in [1.82, 2.24) is 9.80 Å². The largest absolute Gasteiger partial charge is 0.465 e. The number of rotatable bonds is 4. The average molecular weight is 257 g/mol. The molecule has 5 nitrogen and oxygen atoms in total. The van der Waals surface area contributed by atoms with Crippen molar-refractivity contribution in [3.8, 4) is 0 Å². The molecule has 0 aliphatic carbocycles. The van der Waals surface area contributed by atoms with Crippen LogP contribution in [0, 0.1) is 0 Å². The quantitative estimate of drug-likeness (QED) is 0.734. The van der Waals surface area contributed by atoms with Crippen LogP contribution in [0.2, 0.25) is 0 Å². The van der Waals surface area contributed by atoms with Gasteiger partial charge in [-0.15, -0.1) is 0 Å². The lowest BCUT2D eigenvalue weighted by molar-refractivity contribution is -0.149. The maximum absolute atomic E-state index is 11.8. The van der Waals surface area contributed by atoms with Crippen LogP contribution in [0.5, 0.6) is 0 Å². The molecule has 0 radical (unpaired) electrons. The standard InChI is InChI=1S/C13H27N3O2/c1-5-18-12(17)13(3,14)10-16-8-6-7-15(4)9-11(16)2/h11H,5-10,14H2,1-4H3. The van der Waals surface area contributed by atoms with Crippen LogP contribution in [0.15, 0.2) is 0 Å². The summed E-state index contributed by atoms with van der Waals surface area (Å²) in [6.45, 7) is 9.77. The zero-order valence-electron chi connectivity index (χ0n) is 12.1. The predicted octanol–water partition coefficient (Wildman–Crippen LogP) is 0.293. The molecule has 2 atom stereocenters. The van der Waals surface area contributed by atoms with Crippen molar-refractivity contribution < 1.29 is 9.53 Å². The zero-order chi connectivity index (χ0) is 13.8. The number of carbonyl (C=O) groups excluding carboxylic acids is 1. The molecule has 0 aromatic rings. The number of hydrogen-bond donors (Lipinski definition) is 1. The van der Waals surface area contributed by atoms with E-state index in [2.05, 4.69) is 23.8 Å². The molecule has 1 aliphatic rings. The van der Waals surface area contributed by atoms with E-state index >= 15 is 0 Å². The first-order chi connectivity index (χ1) is 8.36. The van der Waals surface area contributed by atoms with Crippen LogP contribution in [0.3, 0.4) is 0 Å². The maximum atomic E-state index is 11.8. The molecular formula is C13H27N3O2. The third-order valence-electron chi connectivity index (χ3n) is 3.46. The minimum absolute atomic E-state index is 0.310. The summed E-state index contributed by atoms with van der Waals surface area (Å²) in [4.78, 5) is 16.4. The minimum atomic E-state index is -0.923. The number of ether oxygens (including phenoxy) is 1. The van der Waals surface area contributed by atoms with Crippen molar-refractivity contribution in [2.45, 2.75) is 38.8 Å². The van der Waals surface area contributed by atoms with E-state index in [4.69, 9.17) is 10.5 Å². The molecule has 2 N–H and O–H groups in total. The Morgan fingerprint density at radius 1 is 1.50 bits per heavy atom. The van der Waals surface area contributed by atoms with Crippen molar-refractivity contribution >= 4 is 5.97 Å². The van der Waals surface area contributed by atoms with Crippen molar-refractivity contribution in [2.75, 3.05) is 39.8 Å². The smallest absolute Gasteiger partial charge is 0.327 e. The van der Waals surface area contributed by atoms with E-state index in [9.17, 15) is 4.79 Å². The lowest BCUT2D eigenvalue weighted by Gasteiger charge is -2.34. The Kier molecular flexibility index (Phi) is 5.56. The molecule has 1 heterocycles. The predicted molar refractivity (Wildman–Crippen MR) is 72.4 cm³/mol. The van der Waals surface area contributed by atoms with Crippen LogP contribution in [0.4, 0.5) is 0 Å². The second-order valence-electron chi connectivity index (χ2n) is 5.57. The Morgan fingerprint density at radius 3 is 2.78 bits per heavy atom. The van der Waals surface area contributed by atoms with Gasteiger partial charge in [0.15, 0.2) is 0 Å². The highest BCUT2D eigenvalue weighted by molar-refractivity contribution is 5.80. The summed E-state index contributed by atoms with van der Waals surface area (Å²) in [5.74, 6) is -0.310. The molecule has 0 bridgehead atoms. The van der Waals surface area contributed by atoms with Crippen molar-refractivity contribution in [1.29, 1.82) is 0 Å². The first kappa shape index (κ1) is 15.4. The van der Waals surface area contributed by atoms with Crippen LogP contribution in [-0.4, -0.2) is 67.2 Å². The highest BCUT2D eigenvalue weighted by Crippen LogP contribution is 2.13. The summed E-state index contributed by atoms with van der Waals surface area (Å²) in [6, 6.07) is 0.412. The SMILES string of the molecule is CCOC(=O)C(C)(N)CN1CCCN(C)CC1C. The van der Waals surface area contributed by atoms with Gasteiger partial charge in [-0.2, -0.15) is 0 Å². The van der Waals surface area contributed by atoms with E-state index in [0.29, 0.717) is 19.2 Å². The second-order valence-corrected chi connectivity index (χ2v) is 5.57. The molecule has 0 amide bonds. The van der Waals surface area contributed by atoms with Crippen molar-refractivity contribution in [3.05, 3.63) is 0 Å². The third-order valence-corrected chi connectivity index (χ3v) is 3.46. The fourth-order valence-corrected chi connectivity index (χ4v) is 2.44. The number of nitrogens with zero attached hydrogens (tertiary/aromatic N) is 2. The van der Waals surface area contributed by atoms with Gasteiger partial charge in [0.2, 0.25) is 0 Å². The number of esters is 1. The van der Waals surface area contributed by atoms with Crippen LogP contribution in [0.25, 0.3) is 0 Å². The van der Waals surface area contributed by atoms with Crippen LogP contribution < -0.4 is 5.73 Å². The van der Waals surface area contributed by atoms with Gasteiger partial charge in [-0.1, -0.05) is 0 Å². The topological polar surface area (TPSA) is 58.8 Å². The van der Waals surface area contributed by atoms with Gasteiger partial charge in [0.1, 0.15) is 5.54 Å². The molecule has 1 aliphatic heterocycles. The van der Waals surface area contributed by atoms with Crippen LogP contribution in [0.1, 0.15) is 27.2 Å². The summed E-state index contributed by atoms with van der Waals surface area (Å²) in [5.41, 5.74) is 5.17. The summed E-state index contributed by atoms with van der Waals surface area (Å²) in [6.07, 6.45) is 1.11. The first-order valence-electron chi connectivity index (χ1n) is 6.75. The van der Waals surface area contributed by atoms with Gasteiger partial charge >= 0.3 is 5.97 Å². The molecule has 0 aromatic heterocycles. The van der Waals surface area contributed by atoms with Gasteiger partial charge < -0.3 is 15.4 Å². The molecule has 1 fully saturated rings. The van der Waals surface area contributed by atoms with Crippen LogP contribution >= 0.6 is 0 Å². The minimum Gasteiger partial charge on any atom is -0.465 e. The molecule has 1 rings (SSSR count). The molecular weight excluding hydrogens is 230 g/mol. The van der Waals surface area contributed by atoms with E-state index < -0.39 is 5.54 Å². The summed E-state index contributed by atoms with van der Waals surface area (Å²) >= 11 is 0. The fraction of sp³-hybridized carbons (Fsp3) is 0.923. The van der Waals surface area contributed by atoms with Crippen LogP contribution in [-0.2, 0) is 9.53 Å². The van der Waals surface area contributed by atoms with E-state index in [1.54, 1.807) is 13.8 Å². The van der Waals surface area contributed by atoms with Gasteiger partial charge in [0.05, 0.1) is 6.61 Å². The normalized spacial score (nSPS) is 26.4. The number of likely N-dealkylation sites (N-methyl/N-ethyl adjacent to an activating group) is 1.